The summed E-state index contributed by atoms with van der Waals surface area (Å²) in [5, 5.41) is 3.87. The molecule has 2 rings (SSSR count). The minimum atomic E-state index is -0.232. The second kappa shape index (κ2) is 8.16. The molecule has 0 saturated carbocycles. The normalized spacial score (nSPS) is 12.3. The lowest BCUT2D eigenvalue weighted by molar-refractivity contribution is 0.474. The van der Waals surface area contributed by atoms with E-state index in [1.54, 1.807) is 12.1 Å². The Bertz CT molecular complexity index is 556. The van der Waals surface area contributed by atoms with Gasteiger partial charge in [-0.15, -0.1) is 0 Å². The maximum atomic E-state index is 14.1. The second-order valence-corrected chi connectivity index (χ2v) is 5.63. The zero-order chi connectivity index (χ0) is 15.1. The fraction of sp³-hybridized carbons (Fsp3) is 0.333. The first-order valence-electron chi connectivity index (χ1n) is 7.43. The van der Waals surface area contributed by atoms with Gasteiger partial charge in [-0.25, -0.2) is 4.39 Å². The van der Waals surface area contributed by atoms with Crippen molar-refractivity contribution in [2.45, 2.75) is 32.2 Å². The number of aryl methyl sites for hydroxylation is 1. The van der Waals surface area contributed by atoms with E-state index in [9.17, 15) is 4.39 Å². The lowest BCUT2D eigenvalue weighted by atomic mass is 9.98. The van der Waals surface area contributed by atoms with E-state index in [1.807, 2.05) is 18.2 Å². The molecule has 0 aliphatic carbocycles. The average molecular weight is 306 g/mol. The Labute approximate surface area is 131 Å². The van der Waals surface area contributed by atoms with Crippen molar-refractivity contribution in [1.82, 2.24) is 5.32 Å². The van der Waals surface area contributed by atoms with Crippen LogP contribution < -0.4 is 5.32 Å². The van der Waals surface area contributed by atoms with Gasteiger partial charge in [0.15, 0.2) is 0 Å². The van der Waals surface area contributed by atoms with Crippen molar-refractivity contribution < 1.29 is 4.39 Å². The molecule has 1 nitrogen and oxygen atoms in total. The quantitative estimate of drug-likeness (QED) is 0.745. The standard InChI is InChI=1S/C18H21ClFN/c1-2-12-21-18(11-8-14-6-4-3-5-7-14)16-10-9-15(19)13-17(16)20/h3-7,9-10,13,18,21H,2,8,11-12H2,1H3. The fourth-order valence-corrected chi connectivity index (χ4v) is 2.58. The number of nitrogens with one attached hydrogen (secondary N) is 1. The second-order valence-electron chi connectivity index (χ2n) is 5.20. The van der Waals surface area contributed by atoms with Crippen molar-refractivity contribution in [3.05, 3.63) is 70.5 Å². The zero-order valence-corrected chi connectivity index (χ0v) is 13.0. The van der Waals surface area contributed by atoms with Gasteiger partial charge in [-0.3, -0.25) is 0 Å². The van der Waals surface area contributed by atoms with Gasteiger partial charge in [-0.1, -0.05) is 54.9 Å². The van der Waals surface area contributed by atoms with Crippen LogP contribution in [0.1, 0.15) is 36.9 Å². The topological polar surface area (TPSA) is 12.0 Å². The first kappa shape index (κ1) is 16.0. The van der Waals surface area contributed by atoms with E-state index in [1.165, 1.54) is 11.6 Å². The van der Waals surface area contributed by atoms with Gasteiger partial charge in [-0.2, -0.15) is 0 Å². The van der Waals surface area contributed by atoms with Gasteiger partial charge in [0, 0.05) is 16.6 Å². The van der Waals surface area contributed by atoms with Gasteiger partial charge in [0.25, 0.3) is 0 Å². The van der Waals surface area contributed by atoms with E-state index >= 15 is 0 Å². The van der Waals surface area contributed by atoms with Crippen LogP contribution in [0.15, 0.2) is 48.5 Å². The highest BCUT2D eigenvalue weighted by molar-refractivity contribution is 6.30. The van der Waals surface area contributed by atoms with Gasteiger partial charge in [-0.05, 0) is 43.5 Å². The van der Waals surface area contributed by atoms with Crippen molar-refractivity contribution in [3.63, 3.8) is 0 Å². The summed E-state index contributed by atoms with van der Waals surface area (Å²) < 4.78 is 14.1. The van der Waals surface area contributed by atoms with E-state index in [0.29, 0.717) is 10.6 Å². The summed E-state index contributed by atoms with van der Waals surface area (Å²) in [7, 11) is 0. The number of hydrogen-bond acceptors (Lipinski definition) is 1. The summed E-state index contributed by atoms with van der Waals surface area (Å²) in [6, 6.07) is 15.2. The molecular weight excluding hydrogens is 285 g/mol. The Morgan fingerprint density at radius 2 is 1.90 bits per heavy atom. The van der Waals surface area contributed by atoms with Crippen LogP contribution in [0, 0.1) is 5.82 Å². The molecule has 0 aromatic heterocycles. The Morgan fingerprint density at radius 1 is 1.14 bits per heavy atom. The summed E-state index contributed by atoms with van der Waals surface area (Å²) >= 11 is 5.84. The molecule has 1 atom stereocenters. The SMILES string of the molecule is CCCNC(CCc1ccccc1)c1ccc(Cl)cc1F. The molecule has 2 aromatic rings. The molecule has 2 aromatic carbocycles. The van der Waals surface area contributed by atoms with Crippen LogP contribution in [0.5, 0.6) is 0 Å². The van der Waals surface area contributed by atoms with Crippen molar-refractivity contribution in [2.75, 3.05) is 6.54 Å². The number of hydrogen-bond donors (Lipinski definition) is 1. The third-order valence-corrected chi connectivity index (χ3v) is 3.78. The number of halogens is 2. The number of rotatable bonds is 7. The minimum absolute atomic E-state index is 0.0161. The molecule has 0 aliphatic heterocycles. The highest BCUT2D eigenvalue weighted by atomic mass is 35.5. The van der Waals surface area contributed by atoms with E-state index in [0.717, 1.165) is 25.8 Å². The Balaban J connectivity index is 2.10. The predicted octanol–water partition coefficient (Wildman–Crippen LogP) is 5.15. The Morgan fingerprint density at radius 3 is 2.57 bits per heavy atom. The first-order valence-corrected chi connectivity index (χ1v) is 7.80. The lowest BCUT2D eigenvalue weighted by Gasteiger charge is -2.20. The van der Waals surface area contributed by atoms with Gasteiger partial charge >= 0.3 is 0 Å². The lowest BCUT2D eigenvalue weighted by Crippen LogP contribution is -2.23. The van der Waals surface area contributed by atoms with Crippen LogP contribution in [0.25, 0.3) is 0 Å². The molecule has 3 heteroatoms. The summed E-state index contributed by atoms with van der Waals surface area (Å²) in [6.45, 7) is 2.99. The zero-order valence-electron chi connectivity index (χ0n) is 12.3. The Kier molecular flexibility index (Phi) is 6.21. The third kappa shape index (κ3) is 4.83. The molecule has 0 spiro atoms. The highest BCUT2D eigenvalue weighted by Gasteiger charge is 2.15. The third-order valence-electron chi connectivity index (χ3n) is 3.54. The maximum Gasteiger partial charge on any atom is 0.129 e. The summed E-state index contributed by atoms with van der Waals surface area (Å²) in [5.41, 5.74) is 1.97. The Hall–Kier alpha value is -1.38. The van der Waals surface area contributed by atoms with Gasteiger partial charge < -0.3 is 5.32 Å². The molecule has 0 radical (unpaired) electrons. The largest absolute Gasteiger partial charge is 0.310 e. The summed E-state index contributed by atoms with van der Waals surface area (Å²) in [6.07, 6.45) is 2.81. The smallest absolute Gasteiger partial charge is 0.129 e. The molecule has 0 fully saturated rings. The first-order chi connectivity index (χ1) is 10.2. The van der Waals surface area contributed by atoms with E-state index < -0.39 is 0 Å². The molecule has 0 saturated heterocycles. The molecule has 1 N–H and O–H groups in total. The van der Waals surface area contributed by atoms with E-state index in [2.05, 4.69) is 24.4 Å². The van der Waals surface area contributed by atoms with Gasteiger partial charge in [0.1, 0.15) is 5.82 Å². The monoisotopic (exact) mass is 305 g/mol. The summed E-state index contributed by atoms with van der Waals surface area (Å²) in [4.78, 5) is 0. The highest BCUT2D eigenvalue weighted by Crippen LogP contribution is 2.24. The average Bonchev–Trinajstić information content (AvgIpc) is 2.49. The van der Waals surface area contributed by atoms with E-state index in [4.69, 9.17) is 11.6 Å². The van der Waals surface area contributed by atoms with Gasteiger partial charge in [0.05, 0.1) is 0 Å². The minimum Gasteiger partial charge on any atom is -0.310 e. The van der Waals surface area contributed by atoms with Crippen LogP contribution in [0.3, 0.4) is 0 Å². The maximum absolute atomic E-state index is 14.1. The van der Waals surface area contributed by atoms with Crippen LogP contribution in [0.2, 0.25) is 5.02 Å². The van der Waals surface area contributed by atoms with Crippen LogP contribution >= 0.6 is 11.6 Å². The van der Waals surface area contributed by atoms with Crippen molar-refractivity contribution in [1.29, 1.82) is 0 Å². The fourth-order valence-electron chi connectivity index (χ4n) is 2.43. The molecule has 1 unspecified atom stereocenters. The molecular formula is C18H21ClFN. The predicted molar refractivity (Wildman–Crippen MR) is 87.2 cm³/mol. The molecule has 0 amide bonds. The number of benzene rings is 2. The van der Waals surface area contributed by atoms with Crippen molar-refractivity contribution in [3.8, 4) is 0 Å². The summed E-state index contributed by atoms with van der Waals surface area (Å²) in [5.74, 6) is -0.232. The van der Waals surface area contributed by atoms with Crippen LogP contribution in [-0.2, 0) is 6.42 Å². The van der Waals surface area contributed by atoms with Crippen LogP contribution in [0.4, 0.5) is 4.39 Å². The van der Waals surface area contributed by atoms with E-state index in [-0.39, 0.29) is 11.9 Å². The van der Waals surface area contributed by atoms with Crippen LogP contribution in [-0.4, -0.2) is 6.54 Å². The molecule has 0 bridgehead atoms. The molecule has 21 heavy (non-hydrogen) atoms. The van der Waals surface area contributed by atoms with Crippen molar-refractivity contribution >= 4 is 11.6 Å². The molecule has 0 aliphatic rings. The molecule has 0 heterocycles. The van der Waals surface area contributed by atoms with Gasteiger partial charge in [0.2, 0.25) is 0 Å². The van der Waals surface area contributed by atoms with Crippen molar-refractivity contribution in [2.24, 2.45) is 0 Å². The molecule has 112 valence electrons.